The molecule has 0 unspecified atom stereocenters. The molecule has 3 N–H and O–H groups in total. The van der Waals surface area contributed by atoms with Crippen LogP contribution in [0.1, 0.15) is 25.3 Å². The maximum atomic E-state index is 5.81. The van der Waals surface area contributed by atoms with Crippen molar-refractivity contribution in [3.63, 3.8) is 0 Å². The van der Waals surface area contributed by atoms with E-state index in [4.69, 9.17) is 5.73 Å². The lowest BCUT2D eigenvalue weighted by Crippen LogP contribution is -1.95. The number of hydrogen-bond acceptors (Lipinski definition) is 3. The van der Waals surface area contributed by atoms with Crippen molar-refractivity contribution >= 4 is 5.82 Å². The standard InChI is InChI=1S/C10H15N5/c1-6(2)8-9(13-14-10(8)11)7-4-15(3)5-12-7/h4-6H,1-3H3,(H3,11,13,14). The molecule has 0 aromatic carbocycles. The van der Waals surface area contributed by atoms with Gasteiger partial charge in [0.05, 0.1) is 12.0 Å². The molecule has 2 aromatic heterocycles. The quantitative estimate of drug-likeness (QED) is 0.780. The number of nitrogen functional groups attached to an aromatic ring is 1. The van der Waals surface area contributed by atoms with Crippen molar-refractivity contribution in [2.75, 3.05) is 5.73 Å². The molecule has 0 aliphatic heterocycles. The van der Waals surface area contributed by atoms with Gasteiger partial charge in [-0.15, -0.1) is 0 Å². The number of hydrogen-bond donors (Lipinski definition) is 2. The third-order valence-electron chi connectivity index (χ3n) is 2.37. The summed E-state index contributed by atoms with van der Waals surface area (Å²) in [5.41, 5.74) is 8.64. The molecule has 0 amide bonds. The molecule has 5 nitrogen and oxygen atoms in total. The number of nitrogens with two attached hydrogens (primary N) is 1. The summed E-state index contributed by atoms with van der Waals surface area (Å²) in [6.45, 7) is 4.18. The van der Waals surface area contributed by atoms with Gasteiger partial charge in [0.1, 0.15) is 11.5 Å². The normalized spacial score (nSPS) is 11.2. The van der Waals surface area contributed by atoms with Crippen molar-refractivity contribution in [3.8, 4) is 11.4 Å². The molecule has 0 bridgehead atoms. The first-order valence-electron chi connectivity index (χ1n) is 4.91. The van der Waals surface area contributed by atoms with E-state index in [-0.39, 0.29) is 0 Å². The second-order valence-corrected chi connectivity index (χ2v) is 3.98. The van der Waals surface area contributed by atoms with Crippen molar-refractivity contribution in [1.29, 1.82) is 0 Å². The summed E-state index contributed by atoms with van der Waals surface area (Å²) in [7, 11) is 1.94. The molecule has 0 fully saturated rings. The highest BCUT2D eigenvalue weighted by molar-refractivity contribution is 5.65. The molecule has 0 aliphatic rings. The number of aryl methyl sites for hydroxylation is 1. The van der Waals surface area contributed by atoms with Crippen LogP contribution in [-0.4, -0.2) is 19.7 Å². The van der Waals surface area contributed by atoms with E-state index in [1.54, 1.807) is 6.33 Å². The number of nitrogens with one attached hydrogen (secondary N) is 1. The van der Waals surface area contributed by atoms with Crippen LogP contribution in [0.15, 0.2) is 12.5 Å². The molecule has 0 aliphatic carbocycles. The summed E-state index contributed by atoms with van der Waals surface area (Å²) in [6.07, 6.45) is 3.70. The number of imidazole rings is 1. The number of nitrogens with zero attached hydrogens (tertiary/aromatic N) is 3. The van der Waals surface area contributed by atoms with Crippen LogP contribution in [-0.2, 0) is 7.05 Å². The highest BCUT2D eigenvalue weighted by atomic mass is 15.2. The van der Waals surface area contributed by atoms with Gasteiger partial charge < -0.3 is 10.3 Å². The Labute approximate surface area is 88.3 Å². The van der Waals surface area contributed by atoms with Gasteiger partial charge in [0.2, 0.25) is 0 Å². The van der Waals surface area contributed by atoms with E-state index in [1.807, 2.05) is 17.8 Å². The molecule has 0 atom stereocenters. The van der Waals surface area contributed by atoms with Crippen molar-refractivity contribution in [1.82, 2.24) is 19.7 Å². The average molecular weight is 205 g/mol. The fourth-order valence-electron chi connectivity index (χ4n) is 1.69. The predicted octanol–water partition coefficient (Wildman–Crippen LogP) is 1.52. The minimum absolute atomic E-state index is 0.334. The van der Waals surface area contributed by atoms with E-state index in [9.17, 15) is 0 Å². The van der Waals surface area contributed by atoms with Crippen LogP contribution in [0.3, 0.4) is 0 Å². The summed E-state index contributed by atoms with van der Waals surface area (Å²) in [5.74, 6) is 0.895. The Kier molecular flexibility index (Phi) is 2.22. The molecule has 2 rings (SSSR count). The molecule has 15 heavy (non-hydrogen) atoms. The van der Waals surface area contributed by atoms with Crippen molar-refractivity contribution in [3.05, 3.63) is 18.1 Å². The average Bonchev–Trinajstić information content (AvgIpc) is 2.71. The zero-order valence-corrected chi connectivity index (χ0v) is 9.15. The molecule has 5 heteroatoms. The smallest absolute Gasteiger partial charge is 0.149 e. The van der Waals surface area contributed by atoms with Gasteiger partial charge in [0.15, 0.2) is 0 Å². The lowest BCUT2D eigenvalue weighted by molar-refractivity contribution is 0.872. The highest BCUT2D eigenvalue weighted by Gasteiger charge is 2.16. The number of aromatic nitrogens is 4. The van der Waals surface area contributed by atoms with Gasteiger partial charge in [-0.1, -0.05) is 13.8 Å². The van der Waals surface area contributed by atoms with Gasteiger partial charge >= 0.3 is 0 Å². The number of aromatic amines is 1. The highest BCUT2D eigenvalue weighted by Crippen LogP contribution is 2.29. The monoisotopic (exact) mass is 205 g/mol. The Morgan fingerprint density at radius 1 is 1.47 bits per heavy atom. The largest absolute Gasteiger partial charge is 0.382 e. The number of H-pyrrole nitrogens is 1. The summed E-state index contributed by atoms with van der Waals surface area (Å²) < 4.78 is 1.90. The summed E-state index contributed by atoms with van der Waals surface area (Å²) >= 11 is 0. The van der Waals surface area contributed by atoms with Crippen molar-refractivity contribution in [2.24, 2.45) is 7.05 Å². The van der Waals surface area contributed by atoms with Crippen LogP contribution in [0.4, 0.5) is 5.82 Å². The predicted molar refractivity (Wildman–Crippen MR) is 59.3 cm³/mol. The van der Waals surface area contributed by atoms with Gasteiger partial charge in [-0.2, -0.15) is 5.10 Å². The van der Waals surface area contributed by atoms with Crippen molar-refractivity contribution < 1.29 is 0 Å². The van der Waals surface area contributed by atoms with Gasteiger partial charge in [-0.05, 0) is 5.92 Å². The number of anilines is 1. The Bertz CT molecular complexity index is 466. The second-order valence-electron chi connectivity index (χ2n) is 3.98. The van der Waals surface area contributed by atoms with E-state index in [0.29, 0.717) is 11.7 Å². The SMILES string of the molecule is CC(C)c1c(N)n[nH]c1-c1cn(C)cn1. The van der Waals surface area contributed by atoms with E-state index in [1.165, 1.54) is 0 Å². The first kappa shape index (κ1) is 9.76. The Morgan fingerprint density at radius 3 is 2.73 bits per heavy atom. The van der Waals surface area contributed by atoms with Crippen molar-refractivity contribution in [2.45, 2.75) is 19.8 Å². The Morgan fingerprint density at radius 2 is 2.20 bits per heavy atom. The lowest BCUT2D eigenvalue weighted by atomic mass is 10.0. The first-order chi connectivity index (χ1) is 7.09. The van der Waals surface area contributed by atoms with E-state index in [2.05, 4.69) is 29.0 Å². The maximum Gasteiger partial charge on any atom is 0.149 e. The summed E-state index contributed by atoms with van der Waals surface area (Å²) in [5, 5.41) is 6.96. The molecule has 80 valence electrons. The van der Waals surface area contributed by atoms with Gasteiger partial charge in [-0.3, -0.25) is 5.10 Å². The van der Waals surface area contributed by atoms with Gasteiger partial charge in [0.25, 0.3) is 0 Å². The van der Waals surface area contributed by atoms with Crippen LogP contribution in [0.25, 0.3) is 11.4 Å². The molecular formula is C10H15N5. The Hall–Kier alpha value is -1.78. The van der Waals surface area contributed by atoms with Crippen LogP contribution in [0.2, 0.25) is 0 Å². The summed E-state index contributed by atoms with van der Waals surface area (Å²) in [4.78, 5) is 4.28. The molecule has 0 saturated carbocycles. The third kappa shape index (κ3) is 1.60. The van der Waals surface area contributed by atoms with Crippen LogP contribution < -0.4 is 5.73 Å². The first-order valence-corrected chi connectivity index (χ1v) is 4.91. The second kappa shape index (κ2) is 3.42. The Balaban J connectivity index is 2.53. The molecule has 0 radical (unpaired) electrons. The topological polar surface area (TPSA) is 72.5 Å². The number of rotatable bonds is 2. The molecule has 2 heterocycles. The maximum absolute atomic E-state index is 5.81. The van der Waals surface area contributed by atoms with Gasteiger partial charge in [0, 0.05) is 18.8 Å². The van der Waals surface area contributed by atoms with E-state index >= 15 is 0 Å². The van der Waals surface area contributed by atoms with Gasteiger partial charge in [-0.25, -0.2) is 4.98 Å². The zero-order chi connectivity index (χ0) is 11.0. The van der Waals surface area contributed by atoms with E-state index < -0.39 is 0 Å². The lowest BCUT2D eigenvalue weighted by Gasteiger charge is -2.04. The summed E-state index contributed by atoms with van der Waals surface area (Å²) in [6, 6.07) is 0. The van der Waals surface area contributed by atoms with Crippen LogP contribution in [0, 0.1) is 0 Å². The molecule has 0 saturated heterocycles. The van der Waals surface area contributed by atoms with E-state index in [0.717, 1.165) is 17.0 Å². The molecule has 0 spiro atoms. The zero-order valence-electron chi connectivity index (χ0n) is 9.15. The third-order valence-corrected chi connectivity index (χ3v) is 2.37. The minimum atomic E-state index is 0.334. The minimum Gasteiger partial charge on any atom is -0.382 e. The molecular weight excluding hydrogens is 190 g/mol. The van der Waals surface area contributed by atoms with Crippen LogP contribution in [0.5, 0.6) is 0 Å². The fraction of sp³-hybridized carbons (Fsp3) is 0.400. The molecule has 2 aromatic rings. The van der Waals surface area contributed by atoms with Crippen LogP contribution >= 0.6 is 0 Å². The fourth-order valence-corrected chi connectivity index (χ4v) is 1.69.